The zero-order valence-corrected chi connectivity index (χ0v) is 14.0. The van der Waals surface area contributed by atoms with Gasteiger partial charge in [-0.05, 0) is 46.4 Å². The molecule has 0 amide bonds. The molecule has 0 aliphatic heterocycles. The van der Waals surface area contributed by atoms with E-state index in [1.54, 1.807) is 19.1 Å². The smallest absolute Gasteiger partial charge is 0.250 e. The molecule has 2 rings (SSSR count). The molecule has 2 aromatic heterocycles. The van der Waals surface area contributed by atoms with Crippen molar-refractivity contribution in [1.29, 1.82) is 0 Å². The molecule has 0 aliphatic rings. The van der Waals surface area contributed by atoms with E-state index in [0.717, 1.165) is 20.0 Å². The molecule has 0 aliphatic carbocycles. The summed E-state index contributed by atoms with van der Waals surface area (Å²) in [5.74, 6) is 0. The maximum absolute atomic E-state index is 12.0. The molecule has 2 N–H and O–H groups in total. The predicted molar refractivity (Wildman–Crippen MR) is 81.1 cm³/mol. The highest BCUT2D eigenvalue weighted by Crippen LogP contribution is 2.28. The number of halogens is 1. The van der Waals surface area contributed by atoms with Crippen LogP contribution < -0.4 is 4.72 Å². The Balaban J connectivity index is 2.10. The van der Waals surface area contributed by atoms with Crippen molar-refractivity contribution in [3.05, 3.63) is 38.3 Å². The standard InChI is InChI=1S/C11H12BrNO3S3/c1-11(14,8-3-2-6-17-8)7-13-19(15,16)10-5-4-9(12)18-10/h2-6,13-14H,7H2,1H3. The average Bonchev–Trinajstić information content (AvgIpc) is 2.97. The van der Waals surface area contributed by atoms with Crippen LogP contribution in [-0.4, -0.2) is 20.1 Å². The van der Waals surface area contributed by atoms with Crippen LogP contribution in [0.25, 0.3) is 0 Å². The van der Waals surface area contributed by atoms with Gasteiger partial charge in [-0.25, -0.2) is 13.1 Å². The minimum absolute atomic E-state index is 0.0641. The van der Waals surface area contributed by atoms with Gasteiger partial charge in [-0.15, -0.1) is 22.7 Å². The monoisotopic (exact) mass is 381 g/mol. The Kier molecular flexibility index (Phi) is 4.49. The highest BCUT2D eigenvalue weighted by molar-refractivity contribution is 9.11. The minimum atomic E-state index is -3.58. The summed E-state index contributed by atoms with van der Waals surface area (Å²) < 4.78 is 27.5. The Bertz CT molecular complexity index is 647. The van der Waals surface area contributed by atoms with Gasteiger partial charge in [0.05, 0.1) is 3.79 Å². The van der Waals surface area contributed by atoms with Gasteiger partial charge in [0.2, 0.25) is 10.0 Å². The Labute approximate surface area is 128 Å². The third-order valence-corrected chi connectivity index (χ3v) is 7.11. The lowest BCUT2D eigenvalue weighted by atomic mass is 10.1. The molecule has 0 spiro atoms. The lowest BCUT2D eigenvalue weighted by Crippen LogP contribution is -2.37. The van der Waals surface area contributed by atoms with E-state index in [1.165, 1.54) is 17.4 Å². The molecule has 104 valence electrons. The van der Waals surface area contributed by atoms with Gasteiger partial charge in [0.25, 0.3) is 0 Å². The van der Waals surface area contributed by atoms with E-state index in [1.807, 2.05) is 11.4 Å². The molecule has 0 radical (unpaired) electrons. The van der Waals surface area contributed by atoms with Gasteiger partial charge in [-0.3, -0.25) is 0 Å². The predicted octanol–water partition coefficient (Wildman–Crippen LogP) is 2.76. The maximum Gasteiger partial charge on any atom is 0.250 e. The van der Waals surface area contributed by atoms with E-state index in [0.29, 0.717) is 0 Å². The maximum atomic E-state index is 12.0. The molecule has 19 heavy (non-hydrogen) atoms. The van der Waals surface area contributed by atoms with Gasteiger partial charge >= 0.3 is 0 Å². The van der Waals surface area contributed by atoms with Crippen molar-refractivity contribution in [2.75, 3.05) is 6.54 Å². The second-order valence-corrected chi connectivity index (χ2v) is 9.54. The van der Waals surface area contributed by atoms with Crippen LogP contribution in [0.5, 0.6) is 0 Å². The van der Waals surface area contributed by atoms with Crippen LogP contribution in [0.3, 0.4) is 0 Å². The molecule has 4 nitrogen and oxygen atoms in total. The summed E-state index contributed by atoms with van der Waals surface area (Å²) in [7, 11) is -3.58. The van der Waals surface area contributed by atoms with Crippen LogP contribution in [-0.2, 0) is 15.6 Å². The molecule has 1 unspecified atom stereocenters. The van der Waals surface area contributed by atoms with Gasteiger partial charge in [-0.1, -0.05) is 6.07 Å². The van der Waals surface area contributed by atoms with Crippen molar-refractivity contribution in [1.82, 2.24) is 4.72 Å². The van der Waals surface area contributed by atoms with Crippen LogP contribution in [0.1, 0.15) is 11.8 Å². The van der Waals surface area contributed by atoms with E-state index >= 15 is 0 Å². The second kappa shape index (κ2) is 5.63. The summed E-state index contributed by atoms with van der Waals surface area (Å²) in [6, 6.07) is 6.80. The van der Waals surface area contributed by atoms with Crippen molar-refractivity contribution < 1.29 is 13.5 Å². The van der Waals surface area contributed by atoms with Gasteiger partial charge in [0, 0.05) is 11.4 Å². The lowest BCUT2D eigenvalue weighted by Gasteiger charge is -2.21. The van der Waals surface area contributed by atoms with E-state index < -0.39 is 15.6 Å². The molecular formula is C11H12BrNO3S3. The molecule has 0 saturated heterocycles. The number of aliphatic hydroxyl groups is 1. The van der Waals surface area contributed by atoms with E-state index in [9.17, 15) is 13.5 Å². The molecule has 0 aromatic carbocycles. The number of thiophene rings is 2. The fourth-order valence-corrected chi connectivity index (χ4v) is 5.39. The molecular weight excluding hydrogens is 370 g/mol. The second-order valence-electron chi connectivity index (χ2n) is 4.13. The Morgan fingerprint density at radius 2 is 2.16 bits per heavy atom. The first-order chi connectivity index (χ1) is 8.81. The number of hydrogen-bond acceptors (Lipinski definition) is 5. The molecule has 0 bridgehead atoms. The number of hydrogen-bond donors (Lipinski definition) is 2. The van der Waals surface area contributed by atoms with Crippen molar-refractivity contribution in [3.8, 4) is 0 Å². The van der Waals surface area contributed by atoms with Crippen molar-refractivity contribution >= 4 is 48.6 Å². The van der Waals surface area contributed by atoms with Gasteiger partial charge in [0.15, 0.2) is 0 Å². The highest BCUT2D eigenvalue weighted by atomic mass is 79.9. The molecule has 1 atom stereocenters. The first-order valence-electron chi connectivity index (χ1n) is 5.33. The largest absolute Gasteiger partial charge is 0.383 e. The Morgan fingerprint density at radius 3 is 2.68 bits per heavy atom. The lowest BCUT2D eigenvalue weighted by molar-refractivity contribution is 0.0666. The van der Waals surface area contributed by atoms with Crippen LogP contribution in [0.4, 0.5) is 0 Å². The van der Waals surface area contributed by atoms with Crippen molar-refractivity contribution in [2.45, 2.75) is 16.7 Å². The zero-order chi connectivity index (χ0) is 14.1. The molecule has 0 fully saturated rings. The summed E-state index contributed by atoms with van der Waals surface area (Å²) in [6.45, 7) is 1.52. The third-order valence-electron chi connectivity index (χ3n) is 2.47. The molecule has 0 saturated carbocycles. The van der Waals surface area contributed by atoms with E-state index in [-0.39, 0.29) is 10.8 Å². The minimum Gasteiger partial charge on any atom is -0.383 e. The summed E-state index contributed by atoms with van der Waals surface area (Å²) >= 11 is 5.75. The Hall–Kier alpha value is -0.250. The van der Waals surface area contributed by atoms with Gasteiger partial charge < -0.3 is 5.11 Å². The molecule has 2 aromatic rings. The van der Waals surface area contributed by atoms with Crippen LogP contribution in [0.2, 0.25) is 0 Å². The quantitative estimate of drug-likeness (QED) is 0.836. The van der Waals surface area contributed by atoms with Gasteiger partial charge in [-0.2, -0.15) is 0 Å². The topological polar surface area (TPSA) is 66.4 Å². The fraction of sp³-hybridized carbons (Fsp3) is 0.273. The van der Waals surface area contributed by atoms with Crippen LogP contribution in [0.15, 0.2) is 37.6 Å². The van der Waals surface area contributed by atoms with Crippen molar-refractivity contribution in [2.24, 2.45) is 0 Å². The van der Waals surface area contributed by atoms with Crippen LogP contribution in [0, 0.1) is 0 Å². The highest BCUT2D eigenvalue weighted by Gasteiger charge is 2.27. The van der Waals surface area contributed by atoms with E-state index in [4.69, 9.17) is 0 Å². The Morgan fingerprint density at radius 1 is 1.42 bits per heavy atom. The summed E-state index contributed by atoms with van der Waals surface area (Å²) in [6.07, 6.45) is 0. The van der Waals surface area contributed by atoms with Crippen molar-refractivity contribution in [3.63, 3.8) is 0 Å². The summed E-state index contributed by atoms with van der Waals surface area (Å²) in [5, 5.41) is 12.1. The number of sulfonamides is 1. The summed E-state index contributed by atoms with van der Waals surface area (Å²) in [5.41, 5.74) is -1.21. The average molecular weight is 382 g/mol. The van der Waals surface area contributed by atoms with Crippen LogP contribution >= 0.6 is 38.6 Å². The van der Waals surface area contributed by atoms with Gasteiger partial charge in [0.1, 0.15) is 9.81 Å². The SMILES string of the molecule is CC(O)(CNS(=O)(=O)c1ccc(Br)s1)c1cccs1. The number of nitrogens with one attached hydrogen (secondary N) is 1. The first-order valence-corrected chi connectivity index (χ1v) is 9.30. The van der Waals surface area contributed by atoms with E-state index in [2.05, 4.69) is 20.7 Å². The first kappa shape index (κ1) is 15.1. The molecule has 2 heterocycles. The molecule has 8 heteroatoms. The summed E-state index contributed by atoms with van der Waals surface area (Å²) in [4.78, 5) is 0.725. The third kappa shape index (κ3) is 3.65. The normalized spacial score (nSPS) is 15.3. The fourth-order valence-electron chi connectivity index (χ4n) is 1.42. The zero-order valence-electron chi connectivity index (χ0n) is 9.96. The number of rotatable bonds is 5.